The van der Waals surface area contributed by atoms with Gasteiger partial charge >= 0.3 is 11.9 Å². The van der Waals surface area contributed by atoms with E-state index >= 15 is 0 Å². The lowest BCUT2D eigenvalue weighted by Crippen LogP contribution is -2.32. The minimum absolute atomic E-state index is 0.261. The summed E-state index contributed by atoms with van der Waals surface area (Å²) in [6.07, 6.45) is -0.318. The number of nitriles is 1. The maximum atomic E-state index is 12.1. The first-order valence-electron chi connectivity index (χ1n) is 7.64. The average Bonchev–Trinajstić information content (AvgIpc) is 2.48. The quantitative estimate of drug-likeness (QED) is 0.780. The molecule has 124 valence electrons. The molecule has 0 aliphatic heterocycles. The maximum Gasteiger partial charge on any atom is 0.308 e. The number of rotatable bonds is 7. The fraction of sp³-hybridized carbons (Fsp3) is 0.500. The molecule has 1 aromatic carbocycles. The van der Waals surface area contributed by atoms with Crippen LogP contribution < -0.4 is 0 Å². The number of carbonyl (C=O) groups is 2. The van der Waals surface area contributed by atoms with Gasteiger partial charge in [-0.2, -0.15) is 5.26 Å². The third-order valence-electron chi connectivity index (χ3n) is 4.08. The highest BCUT2D eigenvalue weighted by Gasteiger charge is 2.38. The van der Waals surface area contributed by atoms with Crippen LogP contribution >= 0.6 is 0 Å². The summed E-state index contributed by atoms with van der Waals surface area (Å²) in [5.74, 6) is -1.68. The zero-order chi connectivity index (χ0) is 17.6. The topological polar surface area (TPSA) is 87.4 Å². The Bertz CT molecular complexity index is 632. The van der Waals surface area contributed by atoms with Gasteiger partial charge in [0.25, 0.3) is 0 Å². The number of hydrogen-bond donors (Lipinski definition) is 1. The van der Waals surface area contributed by atoms with Crippen molar-refractivity contribution in [3.63, 3.8) is 0 Å². The molecule has 1 N–H and O–H groups in total. The smallest absolute Gasteiger partial charge is 0.308 e. The molecular weight excluding hydrogens is 294 g/mol. The van der Waals surface area contributed by atoms with Crippen molar-refractivity contribution in [2.75, 3.05) is 0 Å². The highest BCUT2D eigenvalue weighted by Crippen LogP contribution is 2.33. The van der Waals surface area contributed by atoms with E-state index in [-0.39, 0.29) is 12.5 Å². The van der Waals surface area contributed by atoms with E-state index in [4.69, 9.17) is 4.74 Å². The molecule has 0 saturated heterocycles. The summed E-state index contributed by atoms with van der Waals surface area (Å²) in [7, 11) is 0. The minimum atomic E-state index is -1.42. The summed E-state index contributed by atoms with van der Waals surface area (Å²) in [6.45, 7) is 7.47. The van der Waals surface area contributed by atoms with Crippen molar-refractivity contribution in [1.29, 1.82) is 5.26 Å². The molecule has 1 aromatic rings. The standard InChI is InChI=1S/C18H23NO4/c1-5-14(4)23-17(22)10-18(11-19,9-16(20)21)15-7-6-12(2)13(3)8-15/h6-8,14H,5,9-10H2,1-4H3,(H,20,21). The number of ether oxygens (including phenoxy) is 1. The highest BCUT2D eigenvalue weighted by molar-refractivity contribution is 5.77. The predicted molar refractivity (Wildman–Crippen MR) is 85.9 cm³/mol. The molecule has 0 bridgehead atoms. The SMILES string of the molecule is CCC(C)OC(=O)CC(C#N)(CC(=O)O)c1ccc(C)c(C)c1. The second-order valence-electron chi connectivity index (χ2n) is 5.95. The third-order valence-corrected chi connectivity index (χ3v) is 4.08. The van der Waals surface area contributed by atoms with Crippen molar-refractivity contribution in [3.8, 4) is 6.07 Å². The molecule has 1 rings (SSSR count). The van der Waals surface area contributed by atoms with Gasteiger partial charge in [-0.25, -0.2) is 0 Å². The van der Waals surface area contributed by atoms with Crippen LogP contribution in [-0.2, 0) is 19.7 Å². The van der Waals surface area contributed by atoms with Crippen molar-refractivity contribution in [2.45, 2.75) is 58.5 Å². The van der Waals surface area contributed by atoms with E-state index in [1.165, 1.54) is 0 Å². The largest absolute Gasteiger partial charge is 0.481 e. The number of nitrogens with zero attached hydrogens (tertiary/aromatic N) is 1. The van der Waals surface area contributed by atoms with Crippen LogP contribution in [0.4, 0.5) is 0 Å². The second-order valence-corrected chi connectivity index (χ2v) is 5.95. The number of benzene rings is 1. The van der Waals surface area contributed by atoms with Gasteiger partial charge in [0.05, 0.1) is 25.0 Å². The van der Waals surface area contributed by atoms with Crippen molar-refractivity contribution in [2.24, 2.45) is 0 Å². The molecule has 0 aliphatic carbocycles. The first-order chi connectivity index (χ1) is 10.7. The van der Waals surface area contributed by atoms with Crippen molar-refractivity contribution in [3.05, 3.63) is 34.9 Å². The van der Waals surface area contributed by atoms with Gasteiger partial charge in [-0.1, -0.05) is 25.1 Å². The minimum Gasteiger partial charge on any atom is -0.481 e. The third kappa shape index (κ3) is 4.82. The first kappa shape index (κ1) is 18.7. The molecule has 0 saturated carbocycles. The van der Waals surface area contributed by atoms with Gasteiger partial charge in [0.15, 0.2) is 0 Å². The van der Waals surface area contributed by atoms with Crippen LogP contribution in [-0.4, -0.2) is 23.1 Å². The normalized spacial score (nSPS) is 14.4. The molecule has 23 heavy (non-hydrogen) atoms. The fourth-order valence-electron chi connectivity index (χ4n) is 2.30. The summed E-state index contributed by atoms with van der Waals surface area (Å²) in [4.78, 5) is 23.4. The Balaban J connectivity index is 3.21. The maximum absolute atomic E-state index is 12.1. The number of hydrogen-bond acceptors (Lipinski definition) is 4. The molecule has 0 spiro atoms. The molecule has 0 radical (unpaired) electrons. The Hall–Kier alpha value is -2.35. The Morgan fingerprint density at radius 1 is 1.30 bits per heavy atom. The molecular formula is C18H23NO4. The molecule has 0 aliphatic rings. The van der Waals surface area contributed by atoms with Crippen molar-refractivity contribution < 1.29 is 19.4 Å². The average molecular weight is 317 g/mol. The molecule has 2 unspecified atom stereocenters. The molecule has 2 atom stereocenters. The van der Waals surface area contributed by atoms with Crippen molar-refractivity contribution in [1.82, 2.24) is 0 Å². The summed E-state index contributed by atoms with van der Waals surface area (Å²) in [6, 6.07) is 7.37. The molecule has 0 aromatic heterocycles. The molecule has 5 nitrogen and oxygen atoms in total. The number of aliphatic carboxylic acids is 1. The monoisotopic (exact) mass is 317 g/mol. The van der Waals surface area contributed by atoms with Gasteiger partial charge in [0.1, 0.15) is 5.41 Å². The van der Waals surface area contributed by atoms with Crippen molar-refractivity contribution >= 4 is 11.9 Å². The molecule has 5 heteroatoms. The Morgan fingerprint density at radius 3 is 2.43 bits per heavy atom. The fourth-order valence-corrected chi connectivity index (χ4v) is 2.30. The second kappa shape index (κ2) is 7.77. The molecule has 0 heterocycles. The van der Waals surface area contributed by atoms with E-state index in [0.717, 1.165) is 11.1 Å². The zero-order valence-electron chi connectivity index (χ0n) is 14.0. The van der Waals surface area contributed by atoms with Crippen LogP contribution in [0.1, 0.15) is 49.8 Å². The summed E-state index contributed by atoms with van der Waals surface area (Å²) in [5.41, 5.74) is 1.10. The Morgan fingerprint density at radius 2 is 1.96 bits per heavy atom. The van der Waals surface area contributed by atoms with Gasteiger partial charge in [-0.3, -0.25) is 9.59 Å². The highest BCUT2D eigenvalue weighted by atomic mass is 16.5. The number of aryl methyl sites for hydroxylation is 2. The van der Waals surface area contributed by atoms with Gasteiger partial charge in [-0.05, 0) is 43.9 Å². The van der Waals surface area contributed by atoms with Gasteiger partial charge in [-0.15, -0.1) is 0 Å². The molecule has 0 amide bonds. The number of carbonyl (C=O) groups excluding carboxylic acids is 1. The van der Waals surface area contributed by atoms with E-state index in [1.54, 1.807) is 19.1 Å². The van der Waals surface area contributed by atoms with E-state index in [2.05, 4.69) is 6.07 Å². The first-order valence-corrected chi connectivity index (χ1v) is 7.64. The predicted octanol–water partition coefficient (Wildman–Crippen LogP) is 3.27. The Labute approximate surface area is 136 Å². The lowest BCUT2D eigenvalue weighted by atomic mass is 9.75. The number of carboxylic acid groups (broad SMARTS) is 1. The van der Waals surface area contributed by atoms with Crippen LogP contribution in [0.25, 0.3) is 0 Å². The van der Waals surface area contributed by atoms with Crippen LogP contribution in [0.5, 0.6) is 0 Å². The lowest BCUT2D eigenvalue weighted by Gasteiger charge is -2.26. The summed E-state index contributed by atoms with van der Waals surface area (Å²) in [5, 5.41) is 18.9. The van der Waals surface area contributed by atoms with Crippen LogP contribution in [0.3, 0.4) is 0 Å². The number of esters is 1. The summed E-state index contributed by atoms with van der Waals surface area (Å²) < 4.78 is 5.23. The van der Waals surface area contributed by atoms with E-state index in [1.807, 2.05) is 26.8 Å². The van der Waals surface area contributed by atoms with Gasteiger partial charge < -0.3 is 9.84 Å². The van der Waals surface area contributed by atoms with Crippen LogP contribution in [0.15, 0.2) is 18.2 Å². The van der Waals surface area contributed by atoms with E-state index < -0.39 is 23.8 Å². The zero-order valence-corrected chi connectivity index (χ0v) is 14.0. The van der Waals surface area contributed by atoms with E-state index in [9.17, 15) is 20.0 Å². The molecule has 0 fully saturated rings. The number of carboxylic acids is 1. The lowest BCUT2D eigenvalue weighted by molar-refractivity contribution is -0.149. The summed E-state index contributed by atoms with van der Waals surface area (Å²) >= 11 is 0. The Kier molecular flexibility index (Phi) is 6.32. The van der Waals surface area contributed by atoms with Gasteiger partial charge in [0, 0.05) is 0 Å². The van der Waals surface area contributed by atoms with E-state index in [0.29, 0.717) is 12.0 Å². The van der Waals surface area contributed by atoms with Crippen LogP contribution in [0.2, 0.25) is 0 Å². The van der Waals surface area contributed by atoms with Gasteiger partial charge in [0.2, 0.25) is 0 Å². The van der Waals surface area contributed by atoms with Crippen LogP contribution in [0, 0.1) is 25.2 Å².